The van der Waals surface area contributed by atoms with Crippen LogP contribution in [0.4, 0.5) is 0 Å². The van der Waals surface area contributed by atoms with E-state index < -0.39 is 0 Å². The maximum atomic E-state index is 10.9. The molecule has 0 saturated heterocycles. The number of hydrogen-bond acceptors (Lipinski definition) is 4. The van der Waals surface area contributed by atoms with Gasteiger partial charge in [0.15, 0.2) is 0 Å². The first-order valence-electron chi connectivity index (χ1n) is 5.64. The Bertz CT molecular complexity index is 368. The maximum absolute atomic E-state index is 10.9. The fourth-order valence-corrected chi connectivity index (χ4v) is 1.99. The Labute approximate surface area is 101 Å². The molecule has 17 heavy (non-hydrogen) atoms. The Morgan fingerprint density at radius 2 is 1.76 bits per heavy atom. The Kier molecular flexibility index (Phi) is 4.49. The van der Waals surface area contributed by atoms with Crippen molar-refractivity contribution in [1.82, 2.24) is 0 Å². The lowest BCUT2D eigenvalue weighted by atomic mass is 9.93. The quantitative estimate of drug-likeness (QED) is 0.703. The molecule has 0 bridgehead atoms. The van der Waals surface area contributed by atoms with E-state index in [0.29, 0.717) is 0 Å². The predicted octanol–water partition coefficient (Wildman–Crippen LogP) is 2.00. The first kappa shape index (κ1) is 13.5. The highest BCUT2D eigenvalue weighted by Gasteiger charge is 2.28. The van der Waals surface area contributed by atoms with E-state index in [4.69, 9.17) is 9.47 Å². The third-order valence-corrected chi connectivity index (χ3v) is 2.66. The molecular weight excluding hydrogens is 220 g/mol. The number of hydrogen-bond donors (Lipinski definition) is 0. The summed E-state index contributed by atoms with van der Waals surface area (Å²) < 4.78 is 10.3. The van der Waals surface area contributed by atoms with Gasteiger partial charge in [-0.2, -0.15) is 0 Å². The second kappa shape index (κ2) is 5.66. The first-order valence-corrected chi connectivity index (χ1v) is 5.64. The van der Waals surface area contributed by atoms with E-state index in [-0.39, 0.29) is 30.1 Å². The molecule has 0 aromatic carbocycles. The van der Waals surface area contributed by atoms with Gasteiger partial charge in [-0.1, -0.05) is 18.2 Å². The summed E-state index contributed by atoms with van der Waals surface area (Å²) in [7, 11) is 0. The highest BCUT2D eigenvalue weighted by atomic mass is 16.5. The number of carbonyl (C=O) groups is 2. The Hall–Kier alpha value is -1.58. The molecule has 0 N–H and O–H groups in total. The van der Waals surface area contributed by atoms with Crippen molar-refractivity contribution >= 4 is 11.9 Å². The van der Waals surface area contributed by atoms with Crippen LogP contribution in [0.15, 0.2) is 23.8 Å². The van der Waals surface area contributed by atoms with Gasteiger partial charge in [-0.05, 0) is 19.4 Å². The van der Waals surface area contributed by atoms with Crippen LogP contribution in [0.25, 0.3) is 0 Å². The van der Waals surface area contributed by atoms with Crippen LogP contribution in [0.5, 0.6) is 0 Å². The molecule has 0 aliphatic heterocycles. The van der Waals surface area contributed by atoms with Gasteiger partial charge in [-0.15, -0.1) is 0 Å². The highest BCUT2D eigenvalue weighted by Crippen LogP contribution is 2.28. The third-order valence-electron chi connectivity index (χ3n) is 2.66. The molecule has 4 heteroatoms. The van der Waals surface area contributed by atoms with Crippen molar-refractivity contribution in [2.75, 3.05) is 0 Å². The zero-order valence-corrected chi connectivity index (χ0v) is 10.6. The summed E-state index contributed by atoms with van der Waals surface area (Å²) in [5.74, 6) is -0.644. The minimum Gasteiger partial charge on any atom is -0.462 e. The summed E-state index contributed by atoms with van der Waals surface area (Å²) in [6, 6.07) is 0. The Balaban J connectivity index is 2.67. The molecule has 0 amide bonds. The Morgan fingerprint density at radius 3 is 2.29 bits per heavy atom. The van der Waals surface area contributed by atoms with E-state index in [1.807, 2.05) is 32.1 Å². The van der Waals surface area contributed by atoms with Gasteiger partial charge in [0.05, 0.1) is 0 Å². The van der Waals surface area contributed by atoms with Gasteiger partial charge in [0.2, 0.25) is 0 Å². The van der Waals surface area contributed by atoms with E-state index in [1.165, 1.54) is 13.8 Å². The monoisotopic (exact) mass is 238 g/mol. The summed E-state index contributed by atoms with van der Waals surface area (Å²) in [6.07, 6.45) is 5.18. The topological polar surface area (TPSA) is 52.6 Å². The normalized spacial score (nSPS) is 21.6. The van der Waals surface area contributed by atoms with Crippen LogP contribution < -0.4 is 0 Å². The van der Waals surface area contributed by atoms with E-state index in [9.17, 15) is 9.59 Å². The molecule has 1 rings (SSSR count). The highest BCUT2D eigenvalue weighted by molar-refractivity contribution is 5.67. The second-order valence-electron chi connectivity index (χ2n) is 4.14. The molecule has 0 aromatic rings. The minimum absolute atomic E-state index is 0.0201. The van der Waals surface area contributed by atoms with Gasteiger partial charge >= 0.3 is 11.9 Å². The van der Waals surface area contributed by atoms with E-state index >= 15 is 0 Å². The molecule has 94 valence electrons. The number of ether oxygens (including phenoxy) is 2. The van der Waals surface area contributed by atoms with Crippen molar-refractivity contribution in [1.29, 1.82) is 0 Å². The summed E-state index contributed by atoms with van der Waals surface area (Å²) >= 11 is 0. The lowest BCUT2D eigenvalue weighted by Crippen LogP contribution is -2.27. The van der Waals surface area contributed by atoms with Crippen LogP contribution in [0.1, 0.15) is 27.7 Å². The molecule has 0 heterocycles. The van der Waals surface area contributed by atoms with E-state index in [2.05, 4.69) is 0 Å². The second-order valence-corrected chi connectivity index (χ2v) is 4.14. The number of rotatable bonds is 4. The smallest absolute Gasteiger partial charge is 0.303 e. The lowest BCUT2D eigenvalue weighted by molar-refractivity contribution is -0.148. The van der Waals surface area contributed by atoms with Crippen molar-refractivity contribution in [3.63, 3.8) is 0 Å². The fourth-order valence-electron chi connectivity index (χ4n) is 1.99. The van der Waals surface area contributed by atoms with Crippen molar-refractivity contribution in [2.45, 2.75) is 39.9 Å². The van der Waals surface area contributed by atoms with Crippen molar-refractivity contribution in [2.24, 2.45) is 5.92 Å². The molecule has 0 radical (unpaired) electrons. The number of esters is 2. The molecule has 4 nitrogen and oxygen atoms in total. The van der Waals surface area contributed by atoms with Crippen LogP contribution in [0.2, 0.25) is 0 Å². The van der Waals surface area contributed by atoms with Crippen LogP contribution >= 0.6 is 0 Å². The average molecular weight is 238 g/mol. The number of carbonyl (C=O) groups excluding carboxylic acids is 2. The molecule has 1 aliphatic carbocycles. The fraction of sp³-hybridized carbons (Fsp3) is 0.538. The first-order chi connectivity index (χ1) is 7.91. The van der Waals surface area contributed by atoms with E-state index in [1.54, 1.807) is 0 Å². The molecule has 3 atom stereocenters. The van der Waals surface area contributed by atoms with Crippen LogP contribution in [-0.2, 0) is 19.1 Å². The molecular formula is C13H18O4. The largest absolute Gasteiger partial charge is 0.462 e. The number of allylic oxidation sites excluding steroid dienone is 2. The molecule has 1 aliphatic rings. The van der Waals surface area contributed by atoms with Crippen molar-refractivity contribution in [3.8, 4) is 0 Å². The summed E-state index contributed by atoms with van der Waals surface area (Å²) in [5, 5.41) is 0. The minimum atomic E-state index is -0.316. The third kappa shape index (κ3) is 3.73. The maximum Gasteiger partial charge on any atom is 0.303 e. The Morgan fingerprint density at radius 1 is 1.18 bits per heavy atom. The summed E-state index contributed by atoms with van der Waals surface area (Å²) in [4.78, 5) is 21.8. The van der Waals surface area contributed by atoms with Crippen LogP contribution in [0.3, 0.4) is 0 Å². The average Bonchev–Trinajstić information content (AvgIpc) is 2.63. The van der Waals surface area contributed by atoms with Gasteiger partial charge in [0, 0.05) is 19.8 Å². The SMILES string of the molecule is CC(=O)O[C@@H](C)C1C=CC=C1[C@@H](C)OC(C)=O. The molecule has 0 saturated carbocycles. The van der Waals surface area contributed by atoms with Gasteiger partial charge < -0.3 is 9.47 Å². The van der Waals surface area contributed by atoms with E-state index in [0.717, 1.165) is 5.57 Å². The van der Waals surface area contributed by atoms with Gasteiger partial charge in [0.25, 0.3) is 0 Å². The van der Waals surface area contributed by atoms with Crippen molar-refractivity contribution < 1.29 is 19.1 Å². The lowest BCUT2D eigenvalue weighted by Gasteiger charge is -2.24. The van der Waals surface area contributed by atoms with Crippen molar-refractivity contribution in [3.05, 3.63) is 23.8 Å². The zero-order valence-electron chi connectivity index (χ0n) is 10.6. The summed E-state index contributed by atoms with van der Waals surface area (Å²) in [6.45, 7) is 6.40. The van der Waals surface area contributed by atoms with Gasteiger partial charge in [-0.3, -0.25) is 9.59 Å². The van der Waals surface area contributed by atoms with Gasteiger partial charge in [0.1, 0.15) is 12.2 Å². The predicted molar refractivity (Wildman–Crippen MR) is 63.2 cm³/mol. The standard InChI is InChI=1S/C13H18O4/c1-8(16-10(3)14)12-6-5-7-13(12)9(2)17-11(4)15/h5-9,12H,1-4H3/t8-,9+,12?/m0/s1. The van der Waals surface area contributed by atoms with Crippen LogP contribution in [-0.4, -0.2) is 24.1 Å². The zero-order chi connectivity index (χ0) is 13.0. The van der Waals surface area contributed by atoms with Crippen LogP contribution in [0, 0.1) is 5.92 Å². The van der Waals surface area contributed by atoms with Gasteiger partial charge in [-0.25, -0.2) is 0 Å². The molecule has 0 aromatic heterocycles. The molecule has 0 fully saturated rings. The summed E-state index contributed by atoms with van der Waals surface area (Å²) in [5.41, 5.74) is 0.953. The molecule has 0 spiro atoms. The molecule has 1 unspecified atom stereocenters.